The summed E-state index contributed by atoms with van der Waals surface area (Å²) in [6.07, 6.45) is -4.75. The lowest BCUT2D eigenvalue weighted by atomic mass is 10.3. The normalized spacial score (nSPS) is 11.3. The first-order valence-electron chi connectivity index (χ1n) is 5.40. The Morgan fingerprint density at radius 2 is 1.57 bits per heavy atom. The summed E-state index contributed by atoms with van der Waals surface area (Å²) >= 11 is 11.6. The number of hydrogen-bond donors (Lipinski definition) is 1. The standard InChI is InChI=1S/C12H7Cl2F3N2O2/c13-8-5-9(14)11(19-10(8)18)20-6-1-3-7(4-2-6)21-12(15,16)17/h1-5H,(H2,18,19). The van der Waals surface area contributed by atoms with Gasteiger partial charge in [0.05, 0.1) is 5.02 Å². The second-order valence-corrected chi connectivity index (χ2v) is 4.58. The van der Waals surface area contributed by atoms with Crippen molar-refractivity contribution in [3.05, 3.63) is 40.4 Å². The van der Waals surface area contributed by atoms with Gasteiger partial charge in [-0.1, -0.05) is 23.2 Å². The van der Waals surface area contributed by atoms with E-state index in [-0.39, 0.29) is 33.2 Å². The van der Waals surface area contributed by atoms with E-state index >= 15 is 0 Å². The van der Waals surface area contributed by atoms with Crippen LogP contribution in [0.15, 0.2) is 30.3 Å². The van der Waals surface area contributed by atoms with Crippen molar-refractivity contribution in [3.63, 3.8) is 0 Å². The number of rotatable bonds is 3. The maximum Gasteiger partial charge on any atom is 0.573 e. The average molecular weight is 339 g/mol. The highest BCUT2D eigenvalue weighted by Gasteiger charge is 2.31. The van der Waals surface area contributed by atoms with Gasteiger partial charge in [-0.2, -0.15) is 4.98 Å². The molecule has 112 valence electrons. The molecule has 0 unspecified atom stereocenters. The quantitative estimate of drug-likeness (QED) is 0.884. The molecule has 1 aromatic heterocycles. The molecule has 21 heavy (non-hydrogen) atoms. The van der Waals surface area contributed by atoms with E-state index in [0.717, 1.165) is 12.1 Å². The Bertz CT molecular complexity index is 648. The summed E-state index contributed by atoms with van der Waals surface area (Å²) in [5.41, 5.74) is 5.51. The molecule has 0 bridgehead atoms. The molecule has 0 aliphatic carbocycles. The summed E-state index contributed by atoms with van der Waals surface area (Å²) in [7, 11) is 0. The van der Waals surface area contributed by atoms with Crippen molar-refractivity contribution >= 4 is 29.0 Å². The van der Waals surface area contributed by atoms with E-state index in [9.17, 15) is 13.2 Å². The molecule has 0 saturated carbocycles. The zero-order valence-electron chi connectivity index (χ0n) is 10.1. The third-order valence-electron chi connectivity index (χ3n) is 2.20. The first kappa shape index (κ1) is 15.5. The van der Waals surface area contributed by atoms with Crippen molar-refractivity contribution in [2.75, 3.05) is 5.73 Å². The highest BCUT2D eigenvalue weighted by Crippen LogP contribution is 2.33. The Balaban J connectivity index is 2.16. The van der Waals surface area contributed by atoms with Crippen LogP contribution < -0.4 is 15.2 Å². The predicted octanol–water partition coefficient (Wildman–Crippen LogP) is 4.66. The third kappa shape index (κ3) is 4.30. The van der Waals surface area contributed by atoms with Crippen LogP contribution in [0.5, 0.6) is 17.4 Å². The molecule has 0 spiro atoms. The van der Waals surface area contributed by atoms with Gasteiger partial charge in [0.2, 0.25) is 5.88 Å². The molecule has 0 aliphatic rings. The molecule has 2 aromatic rings. The number of ether oxygens (including phenoxy) is 2. The van der Waals surface area contributed by atoms with Gasteiger partial charge in [-0.3, -0.25) is 0 Å². The minimum atomic E-state index is -4.75. The molecular formula is C12H7Cl2F3N2O2. The van der Waals surface area contributed by atoms with Gasteiger partial charge in [0.15, 0.2) is 0 Å². The number of alkyl halides is 3. The summed E-state index contributed by atoms with van der Waals surface area (Å²) in [4.78, 5) is 3.83. The minimum absolute atomic E-state index is 0.0111. The molecular weight excluding hydrogens is 332 g/mol. The fourth-order valence-electron chi connectivity index (χ4n) is 1.36. The Morgan fingerprint density at radius 3 is 2.14 bits per heavy atom. The number of hydrogen-bond acceptors (Lipinski definition) is 4. The van der Waals surface area contributed by atoms with Gasteiger partial charge < -0.3 is 15.2 Å². The lowest BCUT2D eigenvalue weighted by Gasteiger charge is -2.10. The molecule has 0 radical (unpaired) electrons. The monoisotopic (exact) mass is 338 g/mol. The molecule has 2 rings (SSSR count). The van der Waals surface area contributed by atoms with Gasteiger partial charge in [-0.15, -0.1) is 13.2 Å². The van der Waals surface area contributed by atoms with E-state index in [0.29, 0.717) is 0 Å². The summed E-state index contributed by atoms with van der Waals surface area (Å²) < 4.78 is 45.1. The van der Waals surface area contributed by atoms with Gasteiger partial charge in [-0.05, 0) is 30.3 Å². The lowest BCUT2D eigenvalue weighted by molar-refractivity contribution is -0.274. The molecule has 0 fully saturated rings. The maximum absolute atomic E-state index is 12.0. The number of nitrogen functional groups attached to an aromatic ring is 1. The highest BCUT2D eigenvalue weighted by molar-refractivity contribution is 6.36. The van der Waals surface area contributed by atoms with Gasteiger partial charge in [-0.25, -0.2) is 0 Å². The van der Waals surface area contributed by atoms with Crippen LogP contribution in [0.25, 0.3) is 0 Å². The second-order valence-electron chi connectivity index (χ2n) is 3.76. The third-order valence-corrected chi connectivity index (χ3v) is 2.77. The van der Waals surface area contributed by atoms with Crippen LogP contribution in [0.4, 0.5) is 19.0 Å². The molecule has 0 atom stereocenters. The van der Waals surface area contributed by atoms with Crippen LogP contribution in [-0.2, 0) is 0 Å². The zero-order valence-corrected chi connectivity index (χ0v) is 11.6. The smallest absolute Gasteiger partial charge is 0.437 e. The largest absolute Gasteiger partial charge is 0.573 e. The lowest BCUT2D eigenvalue weighted by Crippen LogP contribution is -2.16. The number of nitrogens with two attached hydrogens (primary N) is 1. The van der Waals surface area contributed by atoms with Crippen molar-refractivity contribution in [2.45, 2.75) is 6.36 Å². The van der Waals surface area contributed by atoms with Crippen molar-refractivity contribution < 1.29 is 22.6 Å². The summed E-state index contributed by atoms with van der Waals surface area (Å²) in [5, 5.41) is 0.283. The van der Waals surface area contributed by atoms with Gasteiger partial charge >= 0.3 is 6.36 Å². The van der Waals surface area contributed by atoms with Crippen molar-refractivity contribution in [1.29, 1.82) is 0 Å². The first-order chi connectivity index (χ1) is 9.74. The van der Waals surface area contributed by atoms with E-state index in [1.807, 2.05) is 0 Å². The summed E-state index contributed by atoms with van der Waals surface area (Å²) in [6.45, 7) is 0. The number of pyridine rings is 1. The van der Waals surface area contributed by atoms with Gasteiger partial charge in [0.25, 0.3) is 0 Å². The van der Waals surface area contributed by atoms with Crippen molar-refractivity contribution in [2.24, 2.45) is 0 Å². The zero-order chi connectivity index (χ0) is 15.6. The summed E-state index contributed by atoms with van der Waals surface area (Å²) in [5.74, 6) is -0.152. The highest BCUT2D eigenvalue weighted by atomic mass is 35.5. The number of halogens is 5. The Kier molecular flexibility index (Phi) is 4.34. The summed E-state index contributed by atoms with van der Waals surface area (Å²) in [6, 6.07) is 6.07. The molecule has 9 heteroatoms. The maximum atomic E-state index is 12.0. The SMILES string of the molecule is Nc1nc(Oc2ccc(OC(F)(F)F)cc2)c(Cl)cc1Cl. The number of nitrogens with zero attached hydrogens (tertiary/aromatic N) is 1. The average Bonchev–Trinajstić information content (AvgIpc) is 2.36. The second kappa shape index (κ2) is 5.87. The van der Waals surface area contributed by atoms with Gasteiger partial charge in [0.1, 0.15) is 22.3 Å². The Labute approximate surface area is 127 Å². The van der Waals surface area contributed by atoms with Crippen LogP contribution in [0.1, 0.15) is 0 Å². The first-order valence-corrected chi connectivity index (χ1v) is 6.15. The number of anilines is 1. The van der Waals surface area contributed by atoms with E-state index < -0.39 is 6.36 Å². The van der Waals surface area contributed by atoms with Crippen LogP contribution in [0.3, 0.4) is 0 Å². The van der Waals surface area contributed by atoms with Gasteiger partial charge in [0, 0.05) is 0 Å². The van der Waals surface area contributed by atoms with E-state index in [1.165, 1.54) is 18.2 Å². The van der Waals surface area contributed by atoms with Crippen LogP contribution in [0.2, 0.25) is 10.0 Å². The molecule has 1 aromatic carbocycles. The Morgan fingerprint density at radius 1 is 1.00 bits per heavy atom. The van der Waals surface area contributed by atoms with Crippen LogP contribution in [0, 0.1) is 0 Å². The fourth-order valence-corrected chi connectivity index (χ4v) is 1.75. The van der Waals surface area contributed by atoms with E-state index in [4.69, 9.17) is 33.7 Å². The molecule has 0 amide bonds. The number of aromatic nitrogens is 1. The van der Waals surface area contributed by atoms with Crippen molar-refractivity contribution in [1.82, 2.24) is 4.98 Å². The van der Waals surface area contributed by atoms with E-state index in [2.05, 4.69) is 9.72 Å². The predicted molar refractivity (Wildman–Crippen MR) is 71.9 cm³/mol. The fraction of sp³-hybridized carbons (Fsp3) is 0.0833. The topological polar surface area (TPSA) is 57.4 Å². The molecule has 1 heterocycles. The number of benzene rings is 1. The van der Waals surface area contributed by atoms with E-state index in [1.54, 1.807) is 0 Å². The van der Waals surface area contributed by atoms with Crippen LogP contribution in [-0.4, -0.2) is 11.3 Å². The molecule has 2 N–H and O–H groups in total. The molecule has 4 nitrogen and oxygen atoms in total. The molecule has 0 saturated heterocycles. The minimum Gasteiger partial charge on any atom is -0.437 e. The van der Waals surface area contributed by atoms with Crippen LogP contribution >= 0.6 is 23.2 Å². The molecule has 0 aliphatic heterocycles. The van der Waals surface area contributed by atoms with Crippen molar-refractivity contribution in [3.8, 4) is 17.4 Å². The Hall–Kier alpha value is -1.86.